The minimum atomic E-state index is -1.10. The third-order valence-electron chi connectivity index (χ3n) is 5.75. The molecule has 0 atom stereocenters. The molecule has 1 heterocycles. The fourth-order valence-electron chi connectivity index (χ4n) is 4.40. The molecule has 0 bridgehead atoms. The predicted octanol–water partition coefficient (Wildman–Crippen LogP) is 4.84. The monoisotopic (exact) mass is 437 g/mol. The number of carboxylic acid groups (broad SMARTS) is 1. The first-order valence-electron chi connectivity index (χ1n) is 10.4. The van der Waals surface area contributed by atoms with Crippen molar-refractivity contribution in [3.63, 3.8) is 0 Å². The number of benzene rings is 4. The van der Waals surface area contributed by atoms with Crippen molar-refractivity contribution in [2.45, 2.75) is 6.54 Å². The maximum absolute atomic E-state index is 12.6. The van der Waals surface area contributed by atoms with Gasteiger partial charge in [-0.05, 0) is 23.1 Å². The van der Waals surface area contributed by atoms with Crippen molar-refractivity contribution in [3.05, 3.63) is 90.0 Å². The molecule has 0 spiro atoms. The number of carbonyl (C=O) groups excluding carboxylic acids is 2. The van der Waals surface area contributed by atoms with Gasteiger partial charge in [-0.2, -0.15) is 0 Å². The highest BCUT2D eigenvalue weighted by Gasteiger charge is 2.23. The van der Waals surface area contributed by atoms with E-state index in [4.69, 9.17) is 4.74 Å². The van der Waals surface area contributed by atoms with E-state index in [1.54, 1.807) is 12.1 Å². The van der Waals surface area contributed by atoms with Gasteiger partial charge in [0.15, 0.2) is 12.9 Å². The van der Waals surface area contributed by atoms with Crippen LogP contribution in [-0.4, -0.2) is 34.3 Å². The van der Waals surface area contributed by atoms with Gasteiger partial charge in [-0.3, -0.25) is 9.59 Å². The van der Waals surface area contributed by atoms with Crippen LogP contribution in [0.2, 0.25) is 0 Å². The number of carboxylic acids is 1. The molecule has 0 aliphatic rings. The molecule has 5 rings (SSSR count). The third-order valence-corrected chi connectivity index (χ3v) is 5.75. The smallest absolute Gasteiger partial charge is 0.341 e. The molecule has 0 saturated carbocycles. The topological polar surface area (TPSA) is 85.6 Å². The van der Waals surface area contributed by atoms with Crippen molar-refractivity contribution < 1.29 is 24.2 Å². The van der Waals surface area contributed by atoms with E-state index < -0.39 is 18.4 Å². The summed E-state index contributed by atoms with van der Waals surface area (Å²) in [5, 5.41) is 12.1. The highest BCUT2D eigenvalue weighted by Crippen LogP contribution is 2.42. The largest absolute Gasteiger partial charge is 0.481 e. The number of carbonyl (C=O) groups is 3. The van der Waals surface area contributed by atoms with Crippen LogP contribution >= 0.6 is 0 Å². The molecule has 0 aliphatic heterocycles. The molecule has 0 saturated heterocycles. The van der Waals surface area contributed by atoms with E-state index in [1.165, 1.54) is 0 Å². The van der Waals surface area contributed by atoms with Crippen molar-refractivity contribution in [3.8, 4) is 5.75 Å². The standard InChI is InChI=1S/C27H19NO5/c29-15-23(30)20-11-6-12-21-25(20)26-22(28(21)14-17-7-2-1-3-8-17)13-18-9-4-5-10-19(18)27(26)33-16-24(31)32/h1-13,15H,14,16H2,(H,31,32). The Bertz CT molecular complexity index is 1550. The van der Waals surface area contributed by atoms with E-state index in [0.717, 1.165) is 27.4 Å². The van der Waals surface area contributed by atoms with Crippen LogP contribution in [0.15, 0.2) is 78.9 Å². The Morgan fingerprint density at radius 1 is 0.879 bits per heavy atom. The van der Waals surface area contributed by atoms with Crippen molar-refractivity contribution in [1.29, 1.82) is 0 Å². The lowest BCUT2D eigenvalue weighted by Crippen LogP contribution is -2.10. The second-order valence-corrected chi connectivity index (χ2v) is 7.76. The molecule has 1 aromatic heterocycles. The summed E-state index contributed by atoms with van der Waals surface area (Å²) in [6.45, 7) is -0.00541. The molecule has 6 heteroatoms. The van der Waals surface area contributed by atoms with Crippen molar-refractivity contribution in [2.24, 2.45) is 0 Å². The number of aromatic nitrogens is 1. The lowest BCUT2D eigenvalue weighted by molar-refractivity contribution is -0.139. The minimum Gasteiger partial charge on any atom is -0.481 e. The zero-order chi connectivity index (χ0) is 22.9. The van der Waals surface area contributed by atoms with Crippen LogP contribution in [0.3, 0.4) is 0 Å². The van der Waals surface area contributed by atoms with Gasteiger partial charge in [0.05, 0.1) is 16.4 Å². The summed E-state index contributed by atoms with van der Waals surface area (Å²) in [5.41, 5.74) is 2.87. The molecule has 33 heavy (non-hydrogen) atoms. The second-order valence-electron chi connectivity index (χ2n) is 7.76. The summed E-state index contributed by atoms with van der Waals surface area (Å²) in [6, 6.07) is 24.7. The number of ether oxygens (including phenoxy) is 1. The first-order valence-corrected chi connectivity index (χ1v) is 10.4. The third kappa shape index (κ3) is 3.51. The maximum Gasteiger partial charge on any atom is 0.341 e. The lowest BCUT2D eigenvalue weighted by Gasteiger charge is -2.12. The lowest BCUT2D eigenvalue weighted by atomic mass is 10.00. The van der Waals surface area contributed by atoms with Crippen LogP contribution in [0.1, 0.15) is 15.9 Å². The molecule has 6 nitrogen and oxygen atoms in total. The first-order chi connectivity index (χ1) is 16.1. The number of hydrogen-bond donors (Lipinski definition) is 1. The minimum absolute atomic E-state index is 0.259. The number of aldehydes is 1. The molecule has 0 radical (unpaired) electrons. The summed E-state index contributed by atoms with van der Waals surface area (Å²) in [7, 11) is 0. The molecule has 0 fully saturated rings. The Labute approximate surface area is 188 Å². The Morgan fingerprint density at radius 2 is 1.64 bits per heavy atom. The molecule has 1 N–H and O–H groups in total. The fourth-order valence-corrected chi connectivity index (χ4v) is 4.40. The van der Waals surface area contributed by atoms with Crippen LogP contribution in [0, 0.1) is 0 Å². The Kier molecular flexibility index (Phi) is 5.11. The average molecular weight is 437 g/mol. The van der Waals surface area contributed by atoms with Gasteiger partial charge >= 0.3 is 5.97 Å². The summed E-state index contributed by atoms with van der Waals surface area (Å²) in [4.78, 5) is 35.3. The van der Waals surface area contributed by atoms with Crippen LogP contribution in [-0.2, 0) is 16.1 Å². The van der Waals surface area contributed by atoms with E-state index >= 15 is 0 Å². The van der Waals surface area contributed by atoms with E-state index in [2.05, 4.69) is 4.57 Å². The Morgan fingerprint density at radius 3 is 2.39 bits per heavy atom. The second kappa shape index (κ2) is 8.24. The van der Waals surface area contributed by atoms with E-state index in [9.17, 15) is 19.5 Å². The van der Waals surface area contributed by atoms with Gasteiger partial charge < -0.3 is 14.4 Å². The molecule has 0 amide bonds. The zero-order valence-electron chi connectivity index (χ0n) is 17.5. The number of nitrogens with zero attached hydrogens (tertiary/aromatic N) is 1. The number of aliphatic carboxylic acids is 1. The summed E-state index contributed by atoms with van der Waals surface area (Å²) >= 11 is 0. The van der Waals surface area contributed by atoms with Crippen LogP contribution in [0.5, 0.6) is 5.75 Å². The van der Waals surface area contributed by atoms with Crippen LogP contribution in [0.25, 0.3) is 32.6 Å². The van der Waals surface area contributed by atoms with E-state index in [-0.39, 0.29) is 5.56 Å². The summed E-state index contributed by atoms with van der Waals surface area (Å²) in [6.07, 6.45) is 0.300. The van der Waals surface area contributed by atoms with Gasteiger partial charge in [0.2, 0.25) is 5.78 Å². The van der Waals surface area contributed by atoms with Gasteiger partial charge in [0, 0.05) is 22.9 Å². The van der Waals surface area contributed by atoms with Crippen molar-refractivity contribution in [2.75, 3.05) is 6.61 Å². The van der Waals surface area contributed by atoms with Gasteiger partial charge in [0.1, 0.15) is 5.75 Å². The van der Waals surface area contributed by atoms with Gasteiger partial charge in [-0.15, -0.1) is 0 Å². The van der Waals surface area contributed by atoms with Crippen molar-refractivity contribution in [1.82, 2.24) is 4.57 Å². The van der Waals surface area contributed by atoms with Crippen LogP contribution in [0.4, 0.5) is 0 Å². The molecule has 162 valence electrons. The number of fused-ring (bicyclic) bond motifs is 4. The quantitative estimate of drug-likeness (QED) is 0.224. The van der Waals surface area contributed by atoms with Crippen LogP contribution < -0.4 is 4.74 Å². The van der Waals surface area contributed by atoms with Gasteiger partial charge in [-0.1, -0.05) is 66.7 Å². The highest BCUT2D eigenvalue weighted by atomic mass is 16.5. The Hall–Kier alpha value is -4.45. The molecular formula is C27H19NO5. The SMILES string of the molecule is O=CC(=O)c1cccc2c1c1c(OCC(=O)O)c3ccccc3cc1n2Cc1ccccc1. The molecule has 0 aliphatic carbocycles. The molecule has 5 aromatic rings. The highest BCUT2D eigenvalue weighted by molar-refractivity contribution is 6.38. The normalized spacial score (nSPS) is 11.2. The number of ketones is 1. The van der Waals surface area contributed by atoms with Crippen molar-refractivity contribution >= 4 is 50.6 Å². The zero-order valence-corrected chi connectivity index (χ0v) is 17.5. The number of Topliss-reactive ketones (excluding diaryl/α,β-unsaturated/α-hetero) is 1. The molecular weight excluding hydrogens is 418 g/mol. The van der Waals surface area contributed by atoms with Gasteiger partial charge in [0.25, 0.3) is 0 Å². The predicted molar refractivity (Wildman–Crippen MR) is 126 cm³/mol. The van der Waals surface area contributed by atoms with Gasteiger partial charge in [-0.25, -0.2) is 4.79 Å². The number of rotatable bonds is 7. The maximum atomic E-state index is 12.6. The average Bonchev–Trinajstić information content (AvgIpc) is 3.15. The summed E-state index contributed by atoms with van der Waals surface area (Å²) in [5.74, 6) is -1.36. The number of hydrogen-bond acceptors (Lipinski definition) is 4. The van der Waals surface area contributed by atoms with E-state index in [1.807, 2.05) is 66.7 Å². The first kappa shape index (κ1) is 20.5. The van der Waals surface area contributed by atoms with E-state index in [0.29, 0.717) is 29.4 Å². The molecule has 0 unspecified atom stereocenters. The summed E-state index contributed by atoms with van der Waals surface area (Å²) < 4.78 is 7.89. The fraction of sp³-hybridized carbons (Fsp3) is 0.0741. The Balaban J connectivity index is 1.94. The molecule has 4 aromatic carbocycles.